The average molecular weight is 286 g/mol. The van der Waals surface area contributed by atoms with Gasteiger partial charge in [0.2, 0.25) is 0 Å². The first-order chi connectivity index (χ1) is 10.0. The topological polar surface area (TPSA) is 69.7 Å². The Balaban J connectivity index is 2.11. The van der Waals surface area contributed by atoms with E-state index in [4.69, 9.17) is 9.47 Å². The van der Waals surface area contributed by atoms with Crippen LogP contribution in [0.4, 0.5) is 0 Å². The fourth-order valence-electron chi connectivity index (χ4n) is 1.89. The number of carbonyl (C=O) groups is 3. The summed E-state index contributed by atoms with van der Waals surface area (Å²) in [5.41, 5.74) is 0.757. The molecule has 0 amide bonds. The van der Waals surface area contributed by atoms with Gasteiger partial charge < -0.3 is 9.47 Å². The first-order valence-electron chi connectivity index (χ1n) is 6.31. The van der Waals surface area contributed by atoms with Crippen LogP contribution < -0.4 is 4.74 Å². The lowest BCUT2D eigenvalue weighted by atomic mass is 9.96. The largest absolute Gasteiger partial charge is 0.497 e. The van der Waals surface area contributed by atoms with E-state index in [-0.39, 0.29) is 5.76 Å². The standard InChI is InChI=1S/C16H14O5/c1-10-9-14(18)15(16(19)21-10)13(17)8-5-11-3-6-12(20-2)7-4-11/h3-9,15H,1-2H3/b8-5-/t15-/m0/s1. The molecule has 1 aliphatic heterocycles. The van der Waals surface area contributed by atoms with Crippen molar-refractivity contribution >= 4 is 23.6 Å². The molecule has 2 rings (SSSR count). The van der Waals surface area contributed by atoms with Crippen LogP contribution in [0.2, 0.25) is 0 Å². The summed E-state index contributed by atoms with van der Waals surface area (Å²) in [5, 5.41) is 0. The molecule has 108 valence electrons. The van der Waals surface area contributed by atoms with E-state index in [1.807, 2.05) is 0 Å². The third kappa shape index (κ3) is 3.45. The molecule has 1 atom stereocenters. The Labute approximate surface area is 121 Å². The molecule has 5 heteroatoms. The van der Waals surface area contributed by atoms with Gasteiger partial charge >= 0.3 is 5.97 Å². The van der Waals surface area contributed by atoms with Crippen molar-refractivity contribution in [2.24, 2.45) is 5.92 Å². The van der Waals surface area contributed by atoms with Gasteiger partial charge in [0.1, 0.15) is 11.5 Å². The second-order valence-electron chi connectivity index (χ2n) is 4.52. The van der Waals surface area contributed by atoms with Gasteiger partial charge in [-0.2, -0.15) is 0 Å². The lowest BCUT2D eigenvalue weighted by molar-refractivity contribution is -0.151. The fraction of sp³-hybridized carbons (Fsp3) is 0.188. The van der Waals surface area contributed by atoms with E-state index in [1.54, 1.807) is 31.4 Å². The number of allylic oxidation sites excluding steroid dienone is 3. The highest BCUT2D eigenvalue weighted by atomic mass is 16.5. The molecule has 0 saturated carbocycles. The number of cyclic esters (lactones) is 1. The lowest BCUT2D eigenvalue weighted by Crippen LogP contribution is -2.34. The minimum absolute atomic E-state index is 0.202. The first-order valence-corrected chi connectivity index (χ1v) is 6.31. The number of hydrogen-bond donors (Lipinski definition) is 0. The van der Waals surface area contributed by atoms with Crippen LogP contribution in [0.1, 0.15) is 12.5 Å². The van der Waals surface area contributed by atoms with E-state index in [9.17, 15) is 14.4 Å². The molecule has 1 heterocycles. The predicted molar refractivity (Wildman–Crippen MR) is 75.4 cm³/mol. The smallest absolute Gasteiger partial charge is 0.329 e. The maximum Gasteiger partial charge on any atom is 0.329 e. The minimum Gasteiger partial charge on any atom is -0.497 e. The average Bonchev–Trinajstić information content (AvgIpc) is 2.44. The number of ether oxygens (including phenoxy) is 2. The SMILES string of the molecule is COc1ccc(/C=C\C(=O)[C@H]2C(=O)C=C(C)OC2=O)cc1. The normalized spacial score (nSPS) is 18.4. The molecule has 0 unspecified atom stereocenters. The summed E-state index contributed by atoms with van der Waals surface area (Å²) in [6, 6.07) is 7.01. The molecule has 0 radical (unpaired) electrons. The molecular weight excluding hydrogens is 272 g/mol. The van der Waals surface area contributed by atoms with E-state index in [1.165, 1.54) is 19.1 Å². The number of carbonyl (C=O) groups excluding carboxylic acids is 3. The number of hydrogen-bond acceptors (Lipinski definition) is 5. The molecule has 0 bridgehead atoms. The quantitative estimate of drug-likeness (QED) is 0.480. The van der Waals surface area contributed by atoms with Gasteiger partial charge in [0.25, 0.3) is 0 Å². The van der Waals surface area contributed by atoms with Crippen molar-refractivity contribution in [3.63, 3.8) is 0 Å². The number of rotatable bonds is 4. The fourth-order valence-corrected chi connectivity index (χ4v) is 1.89. The monoisotopic (exact) mass is 286 g/mol. The highest BCUT2D eigenvalue weighted by molar-refractivity contribution is 6.25. The summed E-state index contributed by atoms with van der Waals surface area (Å²) in [7, 11) is 1.56. The summed E-state index contributed by atoms with van der Waals surface area (Å²) >= 11 is 0. The Bertz CT molecular complexity index is 637. The molecule has 1 aromatic rings. The third-order valence-corrected chi connectivity index (χ3v) is 2.97. The van der Waals surface area contributed by atoms with Crippen molar-refractivity contribution in [2.75, 3.05) is 7.11 Å². The van der Waals surface area contributed by atoms with Gasteiger partial charge in [-0.25, -0.2) is 0 Å². The molecule has 5 nitrogen and oxygen atoms in total. The molecule has 1 aliphatic rings. The predicted octanol–water partition coefficient (Wildman–Crippen LogP) is 1.92. The van der Waals surface area contributed by atoms with Gasteiger partial charge in [-0.15, -0.1) is 0 Å². The Morgan fingerprint density at radius 1 is 1.24 bits per heavy atom. The Morgan fingerprint density at radius 3 is 2.48 bits per heavy atom. The van der Waals surface area contributed by atoms with E-state index in [0.29, 0.717) is 5.75 Å². The maximum atomic E-state index is 12.0. The van der Waals surface area contributed by atoms with Crippen molar-refractivity contribution in [1.82, 2.24) is 0 Å². The zero-order valence-electron chi connectivity index (χ0n) is 11.7. The Morgan fingerprint density at radius 2 is 1.90 bits per heavy atom. The minimum atomic E-state index is -1.40. The molecule has 0 saturated heterocycles. The van der Waals surface area contributed by atoms with Gasteiger partial charge in [-0.1, -0.05) is 18.2 Å². The molecule has 0 aliphatic carbocycles. The zero-order valence-corrected chi connectivity index (χ0v) is 11.7. The third-order valence-electron chi connectivity index (χ3n) is 2.97. The first kappa shape index (κ1) is 14.7. The molecular formula is C16H14O5. The van der Waals surface area contributed by atoms with Crippen molar-refractivity contribution in [1.29, 1.82) is 0 Å². The highest BCUT2D eigenvalue weighted by Crippen LogP contribution is 2.17. The molecule has 0 aromatic heterocycles. The summed E-state index contributed by atoms with van der Waals surface area (Å²) < 4.78 is 9.83. The Kier molecular flexibility index (Phi) is 4.33. The highest BCUT2D eigenvalue weighted by Gasteiger charge is 2.36. The summed E-state index contributed by atoms with van der Waals surface area (Å²) in [5.74, 6) is -2.47. The van der Waals surface area contributed by atoms with Crippen molar-refractivity contribution < 1.29 is 23.9 Å². The molecule has 0 spiro atoms. The number of benzene rings is 1. The summed E-state index contributed by atoms with van der Waals surface area (Å²) in [4.78, 5) is 35.3. The van der Waals surface area contributed by atoms with Crippen LogP contribution in [-0.2, 0) is 19.1 Å². The van der Waals surface area contributed by atoms with Crippen molar-refractivity contribution in [3.8, 4) is 5.75 Å². The second-order valence-corrected chi connectivity index (χ2v) is 4.52. The molecule has 1 aromatic carbocycles. The van der Waals surface area contributed by atoms with Crippen LogP contribution in [0.25, 0.3) is 6.08 Å². The number of methoxy groups -OCH3 is 1. The van der Waals surface area contributed by atoms with Gasteiger partial charge in [0, 0.05) is 6.08 Å². The number of ketones is 2. The van der Waals surface area contributed by atoms with Crippen LogP contribution in [0.15, 0.2) is 42.2 Å². The van der Waals surface area contributed by atoms with Crippen LogP contribution in [0, 0.1) is 5.92 Å². The zero-order chi connectivity index (χ0) is 15.4. The number of esters is 1. The summed E-state index contributed by atoms with van der Waals surface area (Å²) in [6.07, 6.45) is 3.90. The van der Waals surface area contributed by atoms with Crippen LogP contribution in [-0.4, -0.2) is 24.6 Å². The second kappa shape index (κ2) is 6.17. The van der Waals surface area contributed by atoms with Gasteiger partial charge in [-0.05, 0) is 30.7 Å². The van der Waals surface area contributed by atoms with Crippen molar-refractivity contribution in [2.45, 2.75) is 6.92 Å². The maximum absolute atomic E-state index is 12.0. The molecule has 0 fully saturated rings. The van der Waals surface area contributed by atoms with Gasteiger partial charge in [-0.3, -0.25) is 14.4 Å². The van der Waals surface area contributed by atoms with E-state index in [0.717, 1.165) is 11.6 Å². The van der Waals surface area contributed by atoms with Gasteiger partial charge in [0.15, 0.2) is 17.5 Å². The summed E-state index contributed by atoms with van der Waals surface area (Å²) in [6.45, 7) is 1.49. The lowest BCUT2D eigenvalue weighted by Gasteiger charge is -2.15. The van der Waals surface area contributed by atoms with Crippen LogP contribution in [0.5, 0.6) is 5.75 Å². The van der Waals surface area contributed by atoms with Gasteiger partial charge in [0.05, 0.1) is 7.11 Å². The van der Waals surface area contributed by atoms with E-state index >= 15 is 0 Å². The van der Waals surface area contributed by atoms with Crippen LogP contribution in [0.3, 0.4) is 0 Å². The molecule has 0 N–H and O–H groups in total. The van der Waals surface area contributed by atoms with Crippen molar-refractivity contribution in [3.05, 3.63) is 47.7 Å². The van der Waals surface area contributed by atoms with E-state index in [2.05, 4.69) is 0 Å². The van der Waals surface area contributed by atoms with E-state index < -0.39 is 23.5 Å². The van der Waals surface area contributed by atoms with Crippen LogP contribution >= 0.6 is 0 Å². The Hall–Kier alpha value is -2.69. The molecule has 21 heavy (non-hydrogen) atoms.